The smallest absolute Gasteiger partial charge is 0.255 e. The average molecular weight is 399 g/mol. The first kappa shape index (κ1) is 19.8. The normalized spacial score (nSPS) is 22.0. The number of nitrogens with one attached hydrogen (secondary N) is 2. The van der Waals surface area contributed by atoms with Gasteiger partial charge in [-0.15, -0.1) is 0 Å². The molecular weight excluding hydrogens is 373 g/mol. The molecule has 1 aromatic carbocycles. The maximum Gasteiger partial charge on any atom is 0.255 e. The predicted molar refractivity (Wildman–Crippen MR) is 110 cm³/mol. The zero-order valence-corrected chi connectivity index (χ0v) is 16.2. The van der Waals surface area contributed by atoms with Gasteiger partial charge >= 0.3 is 0 Å². The number of hydrogen-bond donors (Lipinski definition) is 3. The summed E-state index contributed by atoms with van der Waals surface area (Å²) in [6.45, 7) is 1.65. The van der Waals surface area contributed by atoms with Gasteiger partial charge in [0, 0.05) is 49.5 Å². The number of nitrogens with two attached hydrogens (primary N) is 1. The number of amides is 1. The minimum Gasteiger partial charge on any atom is -0.326 e. The molecule has 2 heterocycles. The number of rotatable bonds is 7. The van der Waals surface area contributed by atoms with Crippen LogP contribution >= 0.6 is 0 Å². The van der Waals surface area contributed by atoms with E-state index in [2.05, 4.69) is 15.5 Å². The number of benzene rings is 1. The number of carbonyl (C=O) groups is 1. The summed E-state index contributed by atoms with van der Waals surface area (Å²) in [5.41, 5.74) is 6.34. The predicted octanol–water partition coefficient (Wildman–Crippen LogP) is 1.07. The number of halogens is 1. The van der Waals surface area contributed by atoms with Gasteiger partial charge in [-0.25, -0.2) is 4.39 Å². The van der Waals surface area contributed by atoms with Crippen molar-refractivity contribution in [3.8, 4) is 5.69 Å². The standard InChI is InChI=1S/C21H26FN5O2/c22-18-10-16(27-8-2-1-3-21(27)29)6-7-19(18)25-20(28)13-26-12-14(23)9-17(26)11-24-15-4-5-15/h1-3,6-8,10,14-15,17,24H,4-5,9,11-13,23H2,(H,25,28)/t14-,17+/m1/s1. The molecule has 1 amide bonds. The van der Waals surface area contributed by atoms with Crippen LogP contribution < -0.4 is 21.9 Å². The number of aromatic nitrogens is 1. The monoisotopic (exact) mass is 399 g/mol. The Morgan fingerprint density at radius 2 is 2.07 bits per heavy atom. The third-order valence-electron chi connectivity index (χ3n) is 5.45. The highest BCUT2D eigenvalue weighted by Crippen LogP contribution is 2.22. The second-order valence-corrected chi connectivity index (χ2v) is 7.88. The lowest BCUT2D eigenvalue weighted by Crippen LogP contribution is -2.42. The molecule has 1 aliphatic carbocycles. The molecule has 7 nitrogen and oxygen atoms in total. The van der Waals surface area contributed by atoms with Gasteiger partial charge in [0.1, 0.15) is 5.82 Å². The molecule has 154 valence electrons. The van der Waals surface area contributed by atoms with Crippen molar-refractivity contribution in [2.75, 3.05) is 25.0 Å². The molecule has 0 radical (unpaired) electrons. The number of nitrogens with zero attached hydrogens (tertiary/aromatic N) is 2. The highest BCUT2D eigenvalue weighted by Gasteiger charge is 2.32. The highest BCUT2D eigenvalue weighted by molar-refractivity contribution is 5.92. The molecule has 1 saturated carbocycles. The molecule has 1 aromatic heterocycles. The maximum atomic E-state index is 14.5. The van der Waals surface area contributed by atoms with Gasteiger partial charge in [-0.1, -0.05) is 6.07 Å². The average Bonchev–Trinajstić information content (AvgIpc) is 3.45. The summed E-state index contributed by atoms with van der Waals surface area (Å²) in [4.78, 5) is 26.5. The largest absolute Gasteiger partial charge is 0.326 e. The Bertz CT molecular complexity index is 943. The van der Waals surface area contributed by atoms with Crippen LogP contribution in [0, 0.1) is 5.82 Å². The molecule has 1 aliphatic heterocycles. The van der Waals surface area contributed by atoms with E-state index in [-0.39, 0.29) is 35.8 Å². The van der Waals surface area contributed by atoms with Crippen LogP contribution in [0.5, 0.6) is 0 Å². The van der Waals surface area contributed by atoms with Gasteiger partial charge in [0.15, 0.2) is 0 Å². The number of carbonyl (C=O) groups excluding carboxylic acids is 1. The van der Waals surface area contributed by atoms with E-state index in [1.807, 2.05) is 0 Å². The number of hydrogen-bond acceptors (Lipinski definition) is 5. The van der Waals surface area contributed by atoms with Crippen molar-refractivity contribution in [2.45, 2.75) is 37.4 Å². The molecule has 4 N–H and O–H groups in total. The lowest BCUT2D eigenvalue weighted by atomic mass is 10.2. The SMILES string of the molecule is N[C@@H]1C[C@@H](CNC2CC2)N(CC(=O)Nc2ccc(-n3ccccc3=O)cc2F)C1. The van der Waals surface area contributed by atoms with E-state index < -0.39 is 5.82 Å². The second kappa shape index (κ2) is 8.44. The lowest BCUT2D eigenvalue weighted by Gasteiger charge is -2.24. The van der Waals surface area contributed by atoms with E-state index in [0.29, 0.717) is 18.3 Å². The summed E-state index contributed by atoms with van der Waals surface area (Å²) in [7, 11) is 0. The minimum absolute atomic E-state index is 0.0500. The molecule has 29 heavy (non-hydrogen) atoms. The van der Waals surface area contributed by atoms with Crippen molar-refractivity contribution >= 4 is 11.6 Å². The van der Waals surface area contributed by atoms with Gasteiger partial charge in [0.05, 0.1) is 17.9 Å². The van der Waals surface area contributed by atoms with Gasteiger partial charge < -0.3 is 16.4 Å². The Morgan fingerprint density at radius 1 is 1.24 bits per heavy atom. The van der Waals surface area contributed by atoms with Crippen molar-refractivity contribution in [1.29, 1.82) is 0 Å². The Hall–Kier alpha value is -2.55. The molecule has 2 atom stereocenters. The fraction of sp³-hybridized carbons (Fsp3) is 0.429. The highest BCUT2D eigenvalue weighted by atomic mass is 19.1. The van der Waals surface area contributed by atoms with Crippen molar-refractivity contribution in [2.24, 2.45) is 5.73 Å². The van der Waals surface area contributed by atoms with Crippen LogP contribution in [0.1, 0.15) is 19.3 Å². The van der Waals surface area contributed by atoms with E-state index in [0.717, 1.165) is 13.0 Å². The Balaban J connectivity index is 1.38. The molecule has 4 rings (SSSR count). The van der Waals surface area contributed by atoms with Crippen LogP contribution in [0.25, 0.3) is 5.69 Å². The second-order valence-electron chi connectivity index (χ2n) is 7.88. The molecule has 0 unspecified atom stereocenters. The van der Waals surface area contributed by atoms with Gasteiger partial charge in [0.2, 0.25) is 5.91 Å². The quantitative estimate of drug-likeness (QED) is 0.648. The summed E-state index contributed by atoms with van der Waals surface area (Å²) in [5, 5.41) is 6.13. The minimum atomic E-state index is -0.586. The van der Waals surface area contributed by atoms with Gasteiger partial charge in [0.25, 0.3) is 5.56 Å². The maximum absolute atomic E-state index is 14.5. The van der Waals surface area contributed by atoms with E-state index in [9.17, 15) is 14.0 Å². The summed E-state index contributed by atoms with van der Waals surface area (Å²) >= 11 is 0. The van der Waals surface area contributed by atoms with E-state index >= 15 is 0 Å². The first-order valence-corrected chi connectivity index (χ1v) is 10.00. The van der Waals surface area contributed by atoms with E-state index in [1.165, 1.54) is 35.6 Å². The zero-order chi connectivity index (χ0) is 20.4. The first-order chi connectivity index (χ1) is 14.0. The van der Waals surface area contributed by atoms with E-state index in [1.54, 1.807) is 24.4 Å². The molecule has 8 heteroatoms. The third-order valence-corrected chi connectivity index (χ3v) is 5.45. The fourth-order valence-corrected chi connectivity index (χ4v) is 3.79. The number of likely N-dealkylation sites (tertiary alicyclic amines) is 1. The Morgan fingerprint density at radius 3 is 2.79 bits per heavy atom. The molecule has 2 aromatic rings. The van der Waals surface area contributed by atoms with Crippen LogP contribution in [-0.4, -0.2) is 53.1 Å². The van der Waals surface area contributed by atoms with Crippen molar-refractivity contribution < 1.29 is 9.18 Å². The van der Waals surface area contributed by atoms with Crippen LogP contribution in [0.2, 0.25) is 0 Å². The third kappa shape index (κ3) is 4.90. The molecule has 0 bridgehead atoms. The lowest BCUT2D eigenvalue weighted by molar-refractivity contribution is -0.117. The van der Waals surface area contributed by atoms with Crippen LogP contribution in [0.3, 0.4) is 0 Å². The molecule has 2 aliphatic rings. The zero-order valence-electron chi connectivity index (χ0n) is 16.2. The first-order valence-electron chi connectivity index (χ1n) is 10.00. The molecular formula is C21H26FN5O2. The van der Waals surface area contributed by atoms with Crippen LogP contribution in [0.4, 0.5) is 10.1 Å². The molecule has 0 spiro atoms. The Labute approximate surface area is 168 Å². The summed E-state index contributed by atoms with van der Waals surface area (Å²) in [5.74, 6) is -0.865. The van der Waals surface area contributed by atoms with Crippen molar-refractivity contribution in [3.05, 3.63) is 58.8 Å². The molecule has 1 saturated heterocycles. The van der Waals surface area contributed by atoms with Gasteiger partial charge in [-0.3, -0.25) is 19.1 Å². The fourth-order valence-electron chi connectivity index (χ4n) is 3.79. The van der Waals surface area contributed by atoms with E-state index in [4.69, 9.17) is 5.73 Å². The Kier molecular flexibility index (Phi) is 5.75. The van der Waals surface area contributed by atoms with Crippen molar-refractivity contribution in [1.82, 2.24) is 14.8 Å². The molecule has 2 fully saturated rings. The van der Waals surface area contributed by atoms with Gasteiger partial charge in [-0.05, 0) is 37.5 Å². The summed E-state index contributed by atoms with van der Waals surface area (Å²) < 4.78 is 15.9. The summed E-state index contributed by atoms with van der Waals surface area (Å²) in [6.07, 6.45) is 4.84. The topological polar surface area (TPSA) is 92.4 Å². The summed E-state index contributed by atoms with van der Waals surface area (Å²) in [6, 6.07) is 9.92. The van der Waals surface area contributed by atoms with Crippen molar-refractivity contribution in [3.63, 3.8) is 0 Å². The van der Waals surface area contributed by atoms with Gasteiger partial charge in [-0.2, -0.15) is 0 Å². The van der Waals surface area contributed by atoms with Crippen LogP contribution in [0.15, 0.2) is 47.4 Å². The number of anilines is 1. The van der Waals surface area contributed by atoms with Crippen LogP contribution in [-0.2, 0) is 4.79 Å². The number of pyridine rings is 1.